The van der Waals surface area contributed by atoms with Crippen molar-refractivity contribution >= 4 is 15.7 Å². The molecule has 2 N–H and O–H groups in total. The molecule has 1 fully saturated rings. The third-order valence-electron chi connectivity index (χ3n) is 4.91. The topological polar surface area (TPSA) is 84.5 Å². The molecule has 1 heterocycles. The Bertz CT molecular complexity index is 1010. The number of amides is 1. The van der Waals surface area contributed by atoms with E-state index in [9.17, 15) is 26.4 Å². The van der Waals surface area contributed by atoms with Crippen molar-refractivity contribution in [3.8, 4) is 0 Å². The highest BCUT2D eigenvalue weighted by Crippen LogP contribution is 2.32. The number of carbonyl (C=O) groups is 1. The maximum absolute atomic E-state index is 12.9. The van der Waals surface area contributed by atoms with E-state index in [4.69, 9.17) is 4.74 Å². The summed E-state index contributed by atoms with van der Waals surface area (Å²) < 4.78 is 69.2. The summed E-state index contributed by atoms with van der Waals surface area (Å²) in [5.41, 5.74) is -0.369. The Morgan fingerprint density at radius 1 is 1.17 bits per heavy atom. The predicted molar refractivity (Wildman–Crippen MR) is 102 cm³/mol. The fourth-order valence-electron chi connectivity index (χ4n) is 3.16. The van der Waals surface area contributed by atoms with Crippen molar-refractivity contribution in [1.82, 2.24) is 10.6 Å². The van der Waals surface area contributed by atoms with E-state index in [2.05, 4.69) is 10.6 Å². The summed E-state index contributed by atoms with van der Waals surface area (Å²) in [6.07, 6.45) is -4.08. The second-order valence-corrected chi connectivity index (χ2v) is 8.89. The molecule has 6 nitrogen and oxygen atoms in total. The molecular formula is C20H21F3N2O4S. The van der Waals surface area contributed by atoms with Crippen LogP contribution in [0.3, 0.4) is 0 Å². The Morgan fingerprint density at radius 2 is 1.87 bits per heavy atom. The van der Waals surface area contributed by atoms with Gasteiger partial charge in [-0.3, -0.25) is 4.79 Å². The number of sulfone groups is 1. The minimum absolute atomic E-state index is 0.0129. The highest BCUT2D eigenvalue weighted by atomic mass is 32.2. The van der Waals surface area contributed by atoms with Gasteiger partial charge in [0.25, 0.3) is 0 Å². The number of halogens is 3. The summed E-state index contributed by atoms with van der Waals surface area (Å²) in [4.78, 5) is 11.6. The first-order valence-electron chi connectivity index (χ1n) is 9.16. The third-order valence-corrected chi connectivity index (χ3v) is 6.68. The van der Waals surface area contributed by atoms with Gasteiger partial charge in [-0.1, -0.05) is 18.2 Å². The summed E-state index contributed by atoms with van der Waals surface area (Å²) in [6, 6.07) is 8.92. The van der Waals surface area contributed by atoms with Crippen molar-refractivity contribution < 1.29 is 31.1 Å². The average molecular weight is 442 g/mol. The summed E-state index contributed by atoms with van der Waals surface area (Å²) in [5.74, 6) is -0.185. The number of hydrogen-bond acceptors (Lipinski definition) is 5. The van der Waals surface area contributed by atoms with Crippen molar-refractivity contribution in [2.24, 2.45) is 0 Å². The maximum atomic E-state index is 12.9. The van der Waals surface area contributed by atoms with E-state index in [1.54, 1.807) is 7.11 Å². The van der Waals surface area contributed by atoms with Gasteiger partial charge in [0.05, 0.1) is 27.5 Å². The number of nitrogens with one attached hydrogen (secondary N) is 2. The highest BCUT2D eigenvalue weighted by Gasteiger charge is 2.32. The van der Waals surface area contributed by atoms with Crippen molar-refractivity contribution in [3.63, 3.8) is 0 Å². The fraction of sp³-hybridized carbons (Fsp3) is 0.350. The van der Waals surface area contributed by atoms with Gasteiger partial charge in [-0.2, -0.15) is 13.2 Å². The number of alkyl halides is 3. The Morgan fingerprint density at radius 3 is 2.47 bits per heavy atom. The van der Waals surface area contributed by atoms with Crippen LogP contribution in [0, 0.1) is 0 Å². The lowest BCUT2D eigenvalue weighted by molar-refractivity contribution is -0.137. The van der Waals surface area contributed by atoms with Crippen LogP contribution in [0.5, 0.6) is 0 Å². The molecule has 10 heteroatoms. The first kappa shape index (κ1) is 22.3. The Labute approximate surface area is 172 Å². The van der Waals surface area contributed by atoms with Gasteiger partial charge in [-0.25, -0.2) is 8.42 Å². The first-order chi connectivity index (χ1) is 14.1. The molecule has 2 aromatic carbocycles. The molecule has 2 atom stereocenters. The number of hydrogen-bond donors (Lipinski definition) is 2. The third kappa shape index (κ3) is 5.00. The van der Waals surface area contributed by atoms with Gasteiger partial charge >= 0.3 is 6.18 Å². The largest absolute Gasteiger partial charge is 0.416 e. The molecule has 2 aromatic rings. The van der Waals surface area contributed by atoms with E-state index in [0.29, 0.717) is 24.6 Å². The molecular weight excluding hydrogens is 421 g/mol. The zero-order valence-electron chi connectivity index (χ0n) is 16.1. The molecule has 0 spiro atoms. The molecule has 1 amide bonds. The first-order valence-corrected chi connectivity index (χ1v) is 10.6. The lowest BCUT2D eigenvalue weighted by Gasteiger charge is -2.12. The van der Waals surface area contributed by atoms with E-state index in [1.807, 2.05) is 0 Å². The molecule has 30 heavy (non-hydrogen) atoms. The zero-order valence-corrected chi connectivity index (χ0v) is 16.9. The maximum Gasteiger partial charge on any atom is 0.416 e. The van der Waals surface area contributed by atoms with E-state index in [0.717, 1.165) is 18.2 Å². The van der Waals surface area contributed by atoms with Crippen LogP contribution in [0.25, 0.3) is 0 Å². The van der Waals surface area contributed by atoms with Crippen molar-refractivity contribution in [1.29, 1.82) is 0 Å². The van der Waals surface area contributed by atoms with Gasteiger partial charge in [0.1, 0.15) is 0 Å². The van der Waals surface area contributed by atoms with E-state index in [-0.39, 0.29) is 29.5 Å². The van der Waals surface area contributed by atoms with Crippen LogP contribution in [0.15, 0.2) is 58.3 Å². The van der Waals surface area contributed by atoms with Gasteiger partial charge in [0.15, 0.2) is 0 Å². The van der Waals surface area contributed by atoms with Crippen molar-refractivity contribution in [2.45, 2.75) is 41.1 Å². The Kier molecular flexibility index (Phi) is 6.49. The molecule has 0 bridgehead atoms. The normalized spacial score (nSPS) is 19.6. The summed E-state index contributed by atoms with van der Waals surface area (Å²) >= 11 is 0. The standard InChI is InChI=1S/C20H21F3N2O4S/c1-29-15-10-18(24-12-15)19(26)25-11-13-5-7-16(8-6-13)30(27,28)17-4-2-3-14(9-17)20(21,22)23/h2-9,15,18,24H,10-12H2,1H3,(H,25,26)/t15-,18-/m1/s1. The van der Waals surface area contributed by atoms with E-state index >= 15 is 0 Å². The number of ether oxygens (including phenoxy) is 1. The zero-order chi connectivity index (χ0) is 21.9. The smallest absolute Gasteiger partial charge is 0.380 e. The van der Waals surface area contributed by atoms with Crippen LogP contribution >= 0.6 is 0 Å². The second kappa shape index (κ2) is 8.75. The van der Waals surface area contributed by atoms with E-state index in [1.165, 1.54) is 24.3 Å². The quantitative estimate of drug-likeness (QED) is 0.718. The molecule has 0 aliphatic carbocycles. The predicted octanol–water partition coefficient (Wildman–Crippen LogP) is 2.53. The van der Waals surface area contributed by atoms with Crippen LogP contribution in [0.2, 0.25) is 0 Å². The fourth-order valence-corrected chi connectivity index (χ4v) is 4.46. The SMILES string of the molecule is CO[C@H]1CN[C@@H](C(=O)NCc2ccc(S(=O)(=O)c3cccc(C(F)(F)F)c3)cc2)C1. The summed E-state index contributed by atoms with van der Waals surface area (Å²) in [5, 5.41) is 5.83. The van der Waals surface area contributed by atoms with Crippen molar-refractivity contribution in [2.75, 3.05) is 13.7 Å². The highest BCUT2D eigenvalue weighted by molar-refractivity contribution is 7.91. The van der Waals surface area contributed by atoms with Gasteiger partial charge in [0, 0.05) is 20.2 Å². The van der Waals surface area contributed by atoms with Gasteiger partial charge < -0.3 is 15.4 Å². The summed E-state index contributed by atoms with van der Waals surface area (Å²) in [6.45, 7) is 0.787. The average Bonchev–Trinajstić information content (AvgIpc) is 3.21. The number of methoxy groups -OCH3 is 1. The Balaban J connectivity index is 1.67. The van der Waals surface area contributed by atoms with Crippen LogP contribution in [0.4, 0.5) is 13.2 Å². The van der Waals surface area contributed by atoms with Crippen LogP contribution in [-0.4, -0.2) is 40.1 Å². The molecule has 162 valence electrons. The molecule has 0 saturated carbocycles. The molecule has 0 radical (unpaired) electrons. The van der Waals surface area contributed by atoms with Gasteiger partial charge in [-0.15, -0.1) is 0 Å². The number of rotatable bonds is 6. The molecule has 3 rings (SSSR count). The van der Waals surface area contributed by atoms with Crippen LogP contribution in [0.1, 0.15) is 17.5 Å². The van der Waals surface area contributed by atoms with Crippen LogP contribution < -0.4 is 10.6 Å². The lowest BCUT2D eigenvalue weighted by atomic mass is 10.2. The van der Waals surface area contributed by atoms with Crippen LogP contribution in [-0.2, 0) is 32.1 Å². The van der Waals surface area contributed by atoms with Crippen molar-refractivity contribution in [3.05, 3.63) is 59.7 Å². The molecule has 1 saturated heterocycles. The molecule has 1 aliphatic heterocycles. The Hall–Kier alpha value is -2.43. The molecule has 0 aromatic heterocycles. The summed E-state index contributed by atoms with van der Waals surface area (Å²) in [7, 11) is -2.52. The minimum atomic E-state index is -4.63. The number of carbonyl (C=O) groups excluding carboxylic acids is 1. The second-order valence-electron chi connectivity index (χ2n) is 6.95. The van der Waals surface area contributed by atoms with Gasteiger partial charge in [-0.05, 0) is 42.3 Å². The van der Waals surface area contributed by atoms with E-state index < -0.39 is 26.5 Å². The minimum Gasteiger partial charge on any atom is -0.380 e. The van der Waals surface area contributed by atoms with Gasteiger partial charge in [0.2, 0.25) is 15.7 Å². The molecule has 1 aliphatic rings. The molecule has 0 unspecified atom stereocenters. The number of benzene rings is 2. The monoisotopic (exact) mass is 442 g/mol. The lowest BCUT2D eigenvalue weighted by Crippen LogP contribution is -2.40.